The maximum atomic E-state index is 13.4. The van der Waals surface area contributed by atoms with Gasteiger partial charge >= 0.3 is 5.97 Å². The van der Waals surface area contributed by atoms with Crippen LogP contribution in [0.2, 0.25) is 0 Å². The lowest BCUT2D eigenvalue weighted by atomic mass is 10.0. The van der Waals surface area contributed by atoms with Gasteiger partial charge in [-0.2, -0.15) is 4.31 Å². The number of aromatic nitrogens is 1. The first-order valence-electron chi connectivity index (χ1n) is 9.54. The summed E-state index contributed by atoms with van der Waals surface area (Å²) in [5.41, 5.74) is 1.52. The molecule has 1 heterocycles. The summed E-state index contributed by atoms with van der Waals surface area (Å²) in [4.78, 5) is 25.4. The highest BCUT2D eigenvalue weighted by Gasteiger charge is 2.36. The Labute approximate surface area is 176 Å². The number of ketones is 1. The van der Waals surface area contributed by atoms with Crippen LogP contribution in [0.5, 0.6) is 0 Å². The monoisotopic (exact) mass is 438 g/mol. The number of ether oxygens (including phenoxy) is 1. The zero-order valence-electron chi connectivity index (χ0n) is 18.0. The molecule has 0 bridgehead atoms. The molecule has 0 saturated heterocycles. The van der Waals surface area contributed by atoms with Crippen LogP contribution in [0.4, 0.5) is 4.39 Å². The molecule has 0 N–H and O–H groups in total. The third-order valence-electron chi connectivity index (χ3n) is 5.23. The van der Waals surface area contributed by atoms with E-state index in [9.17, 15) is 22.4 Å². The van der Waals surface area contributed by atoms with Crippen molar-refractivity contribution in [3.05, 3.63) is 52.6 Å². The second-order valence-corrected chi connectivity index (χ2v) is 8.99. The predicted octanol–water partition coefficient (Wildman–Crippen LogP) is 3.24. The van der Waals surface area contributed by atoms with E-state index in [-0.39, 0.29) is 17.1 Å². The van der Waals surface area contributed by atoms with Crippen LogP contribution in [-0.4, -0.2) is 48.7 Å². The van der Waals surface area contributed by atoms with E-state index in [0.29, 0.717) is 23.2 Å². The molecule has 0 unspecified atom stereocenters. The molecule has 1 atom stereocenters. The van der Waals surface area contributed by atoms with Gasteiger partial charge in [-0.3, -0.25) is 4.79 Å². The van der Waals surface area contributed by atoms with Gasteiger partial charge in [0.25, 0.3) is 0 Å². The second-order valence-electron chi connectivity index (χ2n) is 7.09. The molecular weight excluding hydrogens is 411 g/mol. The zero-order valence-corrected chi connectivity index (χ0v) is 18.8. The van der Waals surface area contributed by atoms with Crippen LogP contribution in [0.25, 0.3) is 0 Å². The average Bonchev–Trinajstić information content (AvgIpc) is 2.93. The molecule has 0 aliphatic heterocycles. The summed E-state index contributed by atoms with van der Waals surface area (Å²) in [6, 6.07) is 3.47. The first kappa shape index (κ1) is 23.8. The zero-order chi connectivity index (χ0) is 22.8. The fourth-order valence-corrected chi connectivity index (χ4v) is 5.24. The number of rotatable bonds is 8. The van der Waals surface area contributed by atoms with E-state index in [2.05, 4.69) is 0 Å². The maximum Gasteiger partial charge on any atom is 0.354 e. The molecule has 0 amide bonds. The summed E-state index contributed by atoms with van der Waals surface area (Å²) in [6.07, 6.45) is 0.484. The summed E-state index contributed by atoms with van der Waals surface area (Å²) < 4.78 is 47.1. The fraction of sp³-hybridized carbons (Fsp3) is 0.429. The van der Waals surface area contributed by atoms with Crippen LogP contribution in [0.3, 0.4) is 0 Å². The highest BCUT2D eigenvalue weighted by Crippen LogP contribution is 2.27. The van der Waals surface area contributed by atoms with Crippen molar-refractivity contribution < 1.29 is 27.1 Å². The topological polar surface area (TPSA) is 85.7 Å². The van der Waals surface area contributed by atoms with Crippen molar-refractivity contribution in [2.45, 2.75) is 45.1 Å². The molecule has 0 aliphatic rings. The molecule has 30 heavy (non-hydrogen) atoms. The summed E-state index contributed by atoms with van der Waals surface area (Å²) in [6.45, 7) is 6.76. The highest BCUT2D eigenvalue weighted by atomic mass is 32.2. The molecule has 0 radical (unpaired) electrons. The Morgan fingerprint density at radius 3 is 2.27 bits per heavy atom. The van der Waals surface area contributed by atoms with E-state index in [4.69, 9.17) is 4.74 Å². The molecule has 0 spiro atoms. The minimum Gasteiger partial charge on any atom is -0.464 e. The van der Waals surface area contributed by atoms with Crippen LogP contribution < -0.4 is 0 Å². The van der Waals surface area contributed by atoms with Gasteiger partial charge in [0.05, 0.1) is 18.0 Å². The molecule has 164 valence electrons. The number of hydrogen-bond acceptors (Lipinski definition) is 5. The van der Waals surface area contributed by atoms with Gasteiger partial charge in [0, 0.05) is 24.8 Å². The third-order valence-corrected chi connectivity index (χ3v) is 7.22. The number of nitrogens with zero attached hydrogens (tertiary/aromatic N) is 2. The van der Waals surface area contributed by atoms with Crippen LogP contribution in [-0.2, 0) is 21.8 Å². The number of carbonyl (C=O) groups excluding carboxylic acids is 2. The lowest BCUT2D eigenvalue weighted by molar-refractivity contribution is 0.0588. The number of methoxy groups -OCH3 is 1. The first-order valence-corrected chi connectivity index (χ1v) is 11.0. The highest BCUT2D eigenvalue weighted by molar-refractivity contribution is 7.89. The molecule has 9 heteroatoms. The number of sulfonamides is 1. The van der Waals surface area contributed by atoms with Crippen LogP contribution in [0.1, 0.15) is 52.4 Å². The van der Waals surface area contributed by atoms with E-state index in [1.165, 1.54) is 26.2 Å². The van der Waals surface area contributed by atoms with Gasteiger partial charge in [-0.25, -0.2) is 17.6 Å². The van der Waals surface area contributed by atoms with E-state index >= 15 is 0 Å². The Kier molecular flexibility index (Phi) is 7.20. The largest absolute Gasteiger partial charge is 0.464 e. The summed E-state index contributed by atoms with van der Waals surface area (Å²) in [7, 11) is -1.13. The number of carbonyl (C=O) groups is 2. The average molecular weight is 439 g/mol. The molecule has 0 saturated carbocycles. The molecular formula is C21H27FN2O5S. The molecule has 7 nitrogen and oxygen atoms in total. The van der Waals surface area contributed by atoms with Gasteiger partial charge in [0.15, 0.2) is 5.78 Å². The number of halogens is 1. The molecule has 1 aromatic heterocycles. The molecule has 0 fully saturated rings. The van der Waals surface area contributed by atoms with Gasteiger partial charge in [-0.1, -0.05) is 6.92 Å². The van der Waals surface area contributed by atoms with Crippen molar-refractivity contribution in [1.82, 2.24) is 8.87 Å². The van der Waals surface area contributed by atoms with Gasteiger partial charge in [0.2, 0.25) is 10.0 Å². The lowest BCUT2D eigenvalue weighted by Gasteiger charge is -2.27. The standard InChI is InChI=1S/C21H27FN2O5S/c1-7-12-24(30(27,28)17-10-8-16(22)9-11-17)15(4)20(25)18-13(2)19(21(26)29-6)23(5)14(18)3/h8-11,15H,7,12H2,1-6H3/t15-/m1/s1. The van der Waals surface area contributed by atoms with Crippen LogP contribution in [0, 0.1) is 19.7 Å². The van der Waals surface area contributed by atoms with Gasteiger partial charge in [-0.05, 0) is 57.0 Å². The van der Waals surface area contributed by atoms with Gasteiger partial charge < -0.3 is 9.30 Å². The number of Topliss-reactive ketones (excluding diaryl/α,β-unsaturated/α-hetero) is 1. The fourth-order valence-electron chi connectivity index (χ4n) is 3.55. The predicted molar refractivity (Wildman–Crippen MR) is 111 cm³/mol. The van der Waals surface area contributed by atoms with Crippen molar-refractivity contribution in [2.75, 3.05) is 13.7 Å². The Balaban J connectivity index is 2.53. The quantitative estimate of drug-likeness (QED) is 0.467. The minimum atomic E-state index is -4.03. The number of esters is 1. The Bertz CT molecular complexity index is 1060. The van der Waals surface area contributed by atoms with Crippen LogP contribution >= 0.6 is 0 Å². The Hall–Kier alpha value is -2.52. The van der Waals surface area contributed by atoms with Crippen molar-refractivity contribution in [1.29, 1.82) is 0 Å². The van der Waals surface area contributed by atoms with E-state index in [0.717, 1.165) is 16.4 Å². The van der Waals surface area contributed by atoms with Crippen molar-refractivity contribution >= 4 is 21.8 Å². The van der Waals surface area contributed by atoms with E-state index in [1.54, 1.807) is 32.4 Å². The molecule has 2 rings (SSSR count). The van der Waals surface area contributed by atoms with E-state index in [1.807, 2.05) is 0 Å². The smallest absolute Gasteiger partial charge is 0.354 e. The minimum absolute atomic E-state index is 0.0891. The summed E-state index contributed by atoms with van der Waals surface area (Å²) in [5.74, 6) is -1.55. The SMILES string of the molecule is CCCN([C@H](C)C(=O)c1c(C)c(C(=O)OC)n(C)c1C)S(=O)(=O)c1ccc(F)cc1. The van der Waals surface area contributed by atoms with Crippen LogP contribution in [0.15, 0.2) is 29.2 Å². The van der Waals surface area contributed by atoms with Gasteiger partial charge in [-0.15, -0.1) is 0 Å². The Morgan fingerprint density at radius 2 is 1.77 bits per heavy atom. The summed E-state index contributed by atoms with van der Waals surface area (Å²) in [5, 5.41) is 0. The molecule has 0 aliphatic carbocycles. The van der Waals surface area contributed by atoms with E-state index < -0.39 is 33.6 Å². The lowest BCUT2D eigenvalue weighted by Crippen LogP contribution is -2.44. The number of hydrogen-bond donors (Lipinski definition) is 0. The second kappa shape index (κ2) is 9.09. The maximum absolute atomic E-state index is 13.4. The summed E-state index contributed by atoms with van der Waals surface area (Å²) >= 11 is 0. The molecule has 2 aromatic rings. The van der Waals surface area contributed by atoms with Crippen molar-refractivity contribution in [2.24, 2.45) is 7.05 Å². The van der Waals surface area contributed by atoms with Crippen molar-refractivity contribution in [3.8, 4) is 0 Å². The first-order chi connectivity index (χ1) is 14.0. The Morgan fingerprint density at radius 1 is 1.20 bits per heavy atom. The van der Waals surface area contributed by atoms with Crippen molar-refractivity contribution in [3.63, 3.8) is 0 Å². The molecule has 1 aromatic carbocycles. The third kappa shape index (κ3) is 4.17. The van der Waals surface area contributed by atoms with Gasteiger partial charge in [0.1, 0.15) is 11.5 Å². The number of benzene rings is 1. The normalized spacial score (nSPS) is 12.8.